The largest absolute Gasteiger partial charge is 0.419 e. The number of aliphatic hydroxyl groups is 1. The summed E-state index contributed by atoms with van der Waals surface area (Å²) in [5.41, 5.74) is 0. The zero-order valence-electron chi connectivity index (χ0n) is 11.5. The summed E-state index contributed by atoms with van der Waals surface area (Å²) >= 11 is 1.71. The molecule has 1 saturated heterocycles. The SMILES string of the molecule is OC(COC(F)(F)C(F)(F)CC(F)(F)F)CC1CCSCC1. The first-order chi connectivity index (χ1) is 9.93. The summed E-state index contributed by atoms with van der Waals surface area (Å²) in [7, 11) is 0. The number of hydrogen-bond donors (Lipinski definition) is 1. The summed E-state index contributed by atoms with van der Waals surface area (Å²) in [5, 5.41) is 9.53. The number of aliphatic hydroxyl groups excluding tert-OH is 1. The second-order valence-corrected chi connectivity index (χ2v) is 6.49. The summed E-state index contributed by atoms with van der Waals surface area (Å²) in [5.74, 6) is -3.59. The standard InChI is InChI=1S/C12H17F7O2S/c13-10(14,7-11(15,16)17)12(18,19)21-6-9(20)5-8-1-3-22-4-2-8/h8-9,20H,1-7H2. The van der Waals surface area contributed by atoms with E-state index in [-0.39, 0.29) is 12.3 Å². The molecule has 0 radical (unpaired) electrons. The van der Waals surface area contributed by atoms with Gasteiger partial charge >= 0.3 is 18.2 Å². The van der Waals surface area contributed by atoms with Crippen LogP contribution in [0.25, 0.3) is 0 Å². The average molecular weight is 358 g/mol. The van der Waals surface area contributed by atoms with Crippen LogP contribution in [0.3, 0.4) is 0 Å². The molecule has 2 nitrogen and oxygen atoms in total. The molecule has 1 fully saturated rings. The van der Waals surface area contributed by atoms with E-state index in [9.17, 15) is 35.8 Å². The Morgan fingerprint density at radius 2 is 1.59 bits per heavy atom. The molecule has 22 heavy (non-hydrogen) atoms. The minimum Gasteiger partial charge on any atom is -0.391 e. The molecule has 0 aromatic rings. The van der Waals surface area contributed by atoms with E-state index in [1.807, 2.05) is 0 Å². The molecule has 0 spiro atoms. The van der Waals surface area contributed by atoms with Crippen molar-refractivity contribution >= 4 is 11.8 Å². The van der Waals surface area contributed by atoms with Crippen molar-refractivity contribution in [2.75, 3.05) is 18.1 Å². The summed E-state index contributed by atoms with van der Waals surface area (Å²) in [4.78, 5) is 0. The first-order valence-electron chi connectivity index (χ1n) is 6.65. The minimum atomic E-state index is -5.45. The summed E-state index contributed by atoms with van der Waals surface area (Å²) in [6.07, 6.45) is -13.5. The third-order valence-electron chi connectivity index (χ3n) is 3.25. The number of hydrogen-bond acceptors (Lipinski definition) is 3. The molecule has 0 aromatic heterocycles. The maximum Gasteiger partial charge on any atom is 0.419 e. The van der Waals surface area contributed by atoms with E-state index >= 15 is 0 Å². The zero-order valence-corrected chi connectivity index (χ0v) is 12.3. The normalized spacial score (nSPS) is 20.2. The van der Waals surface area contributed by atoms with Gasteiger partial charge in [0.2, 0.25) is 0 Å². The Labute approximate surface area is 127 Å². The fraction of sp³-hybridized carbons (Fsp3) is 1.00. The van der Waals surface area contributed by atoms with Crippen molar-refractivity contribution in [3.63, 3.8) is 0 Å². The Morgan fingerprint density at radius 3 is 2.09 bits per heavy atom. The van der Waals surface area contributed by atoms with Gasteiger partial charge in [-0.25, -0.2) is 0 Å². The van der Waals surface area contributed by atoms with Crippen molar-refractivity contribution in [2.45, 2.75) is 50.0 Å². The molecule has 1 rings (SSSR count). The number of ether oxygens (including phenoxy) is 1. The Bertz CT molecular complexity index is 343. The topological polar surface area (TPSA) is 29.5 Å². The van der Waals surface area contributed by atoms with E-state index in [1.165, 1.54) is 0 Å². The van der Waals surface area contributed by atoms with Gasteiger partial charge in [0.15, 0.2) is 0 Å². The molecule has 0 saturated carbocycles. The Kier molecular flexibility index (Phi) is 6.82. The number of thioether (sulfide) groups is 1. The lowest BCUT2D eigenvalue weighted by molar-refractivity contribution is -0.369. The minimum absolute atomic E-state index is 0.0733. The average Bonchev–Trinajstić information content (AvgIpc) is 2.34. The highest BCUT2D eigenvalue weighted by molar-refractivity contribution is 7.99. The second-order valence-electron chi connectivity index (χ2n) is 5.27. The molecule has 132 valence electrons. The number of halogens is 7. The molecule has 0 aromatic carbocycles. The van der Waals surface area contributed by atoms with Gasteiger partial charge in [-0.05, 0) is 36.7 Å². The van der Waals surface area contributed by atoms with Gasteiger partial charge in [0, 0.05) is 0 Å². The highest BCUT2D eigenvalue weighted by Gasteiger charge is 2.62. The third-order valence-corrected chi connectivity index (χ3v) is 4.30. The maximum absolute atomic E-state index is 13.1. The number of rotatable bonds is 7. The van der Waals surface area contributed by atoms with Gasteiger partial charge in [-0.2, -0.15) is 42.5 Å². The fourth-order valence-electron chi connectivity index (χ4n) is 2.10. The van der Waals surface area contributed by atoms with Crippen LogP contribution >= 0.6 is 11.8 Å². The molecular formula is C12H17F7O2S. The van der Waals surface area contributed by atoms with Gasteiger partial charge in [-0.3, -0.25) is 0 Å². The molecule has 0 amide bonds. The highest BCUT2D eigenvalue weighted by Crippen LogP contribution is 2.43. The Hall–Kier alpha value is -0.220. The van der Waals surface area contributed by atoms with Crippen molar-refractivity contribution in [1.82, 2.24) is 0 Å². The van der Waals surface area contributed by atoms with Crippen molar-refractivity contribution in [3.8, 4) is 0 Å². The zero-order chi connectivity index (χ0) is 17.0. The van der Waals surface area contributed by atoms with Gasteiger partial charge in [-0.15, -0.1) is 0 Å². The molecule has 0 bridgehead atoms. The highest BCUT2D eigenvalue weighted by atomic mass is 32.2. The Balaban J connectivity index is 2.46. The molecule has 1 N–H and O–H groups in total. The van der Waals surface area contributed by atoms with Crippen molar-refractivity contribution in [3.05, 3.63) is 0 Å². The first kappa shape index (κ1) is 19.8. The lowest BCUT2D eigenvalue weighted by Crippen LogP contribution is -2.47. The maximum atomic E-state index is 13.1. The molecule has 1 aliphatic heterocycles. The van der Waals surface area contributed by atoms with Gasteiger partial charge in [0.25, 0.3) is 0 Å². The van der Waals surface area contributed by atoms with Crippen LogP contribution in [0.15, 0.2) is 0 Å². The molecule has 1 aliphatic rings. The predicted molar refractivity (Wildman–Crippen MR) is 67.2 cm³/mol. The van der Waals surface area contributed by atoms with E-state index in [1.54, 1.807) is 11.8 Å². The van der Waals surface area contributed by atoms with Gasteiger partial charge in [0.05, 0.1) is 12.7 Å². The molecule has 1 heterocycles. The van der Waals surface area contributed by atoms with Crippen molar-refractivity contribution in [1.29, 1.82) is 0 Å². The van der Waals surface area contributed by atoms with E-state index in [0.29, 0.717) is 0 Å². The lowest BCUT2D eigenvalue weighted by Gasteiger charge is -2.28. The molecule has 1 atom stereocenters. The van der Waals surface area contributed by atoms with Crippen molar-refractivity contribution < 1.29 is 40.6 Å². The van der Waals surface area contributed by atoms with Gasteiger partial charge in [-0.1, -0.05) is 0 Å². The van der Waals surface area contributed by atoms with Crippen LogP contribution in [0, 0.1) is 5.92 Å². The van der Waals surface area contributed by atoms with Crippen molar-refractivity contribution in [2.24, 2.45) is 5.92 Å². The molecular weight excluding hydrogens is 341 g/mol. The van der Waals surface area contributed by atoms with Crippen LogP contribution in [-0.4, -0.2) is 47.5 Å². The van der Waals surface area contributed by atoms with Crippen LogP contribution in [-0.2, 0) is 4.74 Å². The van der Waals surface area contributed by atoms with Crippen LogP contribution in [0.4, 0.5) is 30.7 Å². The summed E-state index contributed by atoms with van der Waals surface area (Å²) < 4.78 is 91.2. The summed E-state index contributed by atoms with van der Waals surface area (Å²) in [6, 6.07) is 0. The van der Waals surface area contributed by atoms with Gasteiger partial charge < -0.3 is 9.84 Å². The van der Waals surface area contributed by atoms with E-state index in [4.69, 9.17) is 0 Å². The van der Waals surface area contributed by atoms with E-state index < -0.39 is 37.3 Å². The lowest BCUT2D eigenvalue weighted by atomic mass is 9.96. The van der Waals surface area contributed by atoms with E-state index in [2.05, 4.69) is 4.74 Å². The first-order valence-corrected chi connectivity index (χ1v) is 7.80. The molecule has 10 heteroatoms. The smallest absolute Gasteiger partial charge is 0.391 e. The molecule has 0 aliphatic carbocycles. The third kappa shape index (κ3) is 6.49. The number of alkyl halides is 7. The quantitative estimate of drug-likeness (QED) is 0.696. The summed E-state index contributed by atoms with van der Waals surface area (Å²) in [6.45, 7) is -1.13. The predicted octanol–water partition coefficient (Wildman–Crippen LogP) is 4.08. The van der Waals surface area contributed by atoms with E-state index in [0.717, 1.165) is 24.3 Å². The van der Waals surface area contributed by atoms with Crippen LogP contribution in [0.2, 0.25) is 0 Å². The van der Waals surface area contributed by atoms with Crippen LogP contribution < -0.4 is 0 Å². The monoisotopic (exact) mass is 358 g/mol. The van der Waals surface area contributed by atoms with Gasteiger partial charge in [0.1, 0.15) is 6.42 Å². The van der Waals surface area contributed by atoms with Crippen LogP contribution in [0.1, 0.15) is 25.7 Å². The second kappa shape index (κ2) is 7.57. The fourth-order valence-corrected chi connectivity index (χ4v) is 3.30. The van der Waals surface area contributed by atoms with Crippen LogP contribution in [0.5, 0.6) is 0 Å². The Morgan fingerprint density at radius 1 is 1.05 bits per heavy atom. The molecule has 1 unspecified atom stereocenters.